The van der Waals surface area contributed by atoms with Crippen LogP contribution in [0.25, 0.3) is 0 Å². The van der Waals surface area contributed by atoms with Crippen LogP contribution in [-0.2, 0) is 0 Å². The largest absolute Gasteiger partial charge is 0.396 e. The average molecular weight is 166 g/mol. The number of aliphatic hydroxyl groups is 1. The fourth-order valence-electron chi connectivity index (χ4n) is 2.96. The van der Waals surface area contributed by atoms with Gasteiger partial charge in [0.1, 0.15) is 0 Å². The van der Waals surface area contributed by atoms with Gasteiger partial charge in [-0.05, 0) is 43.9 Å². The van der Waals surface area contributed by atoms with Crippen LogP contribution in [0, 0.1) is 5.41 Å². The van der Waals surface area contributed by atoms with Crippen molar-refractivity contribution in [3.8, 4) is 0 Å². The first-order chi connectivity index (χ1) is 5.87. The number of aliphatic hydroxyl groups excluding tert-OH is 1. The Morgan fingerprint density at radius 3 is 3.08 bits per heavy atom. The zero-order valence-corrected chi connectivity index (χ0v) is 7.68. The van der Waals surface area contributed by atoms with Crippen LogP contribution < -0.4 is 0 Å². The van der Waals surface area contributed by atoms with Crippen LogP contribution in [0.2, 0.25) is 0 Å². The summed E-state index contributed by atoms with van der Waals surface area (Å²) in [5, 5.41) is 9.03. The summed E-state index contributed by atoms with van der Waals surface area (Å²) in [6.45, 7) is 0.372. The molecule has 0 amide bonds. The monoisotopic (exact) mass is 166 g/mol. The second-order valence-electron chi connectivity index (χ2n) is 4.23. The molecule has 0 spiro atoms. The standard InChI is InChI=1S/C11H18O/c12-9-8-11-6-2-1-4-10(11)5-3-7-11/h5,12H,1-4,6-9H2. The molecule has 0 aromatic carbocycles. The van der Waals surface area contributed by atoms with Crippen molar-refractivity contribution in [2.24, 2.45) is 5.41 Å². The molecule has 2 aliphatic carbocycles. The number of allylic oxidation sites excluding steroid dienone is 2. The molecule has 1 atom stereocenters. The van der Waals surface area contributed by atoms with E-state index in [4.69, 9.17) is 5.11 Å². The molecule has 2 rings (SSSR count). The summed E-state index contributed by atoms with van der Waals surface area (Å²) in [6, 6.07) is 0. The van der Waals surface area contributed by atoms with Crippen molar-refractivity contribution in [1.82, 2.24) is 0 Å². The van der Waals surface area contributed by atoms with Gasteiger partial charge in [0.05, 0.1) is 0 Å². The van der Waals surface area contributed by atoms with E-state index >= 15 is 0 Å². The lowest BCUT2D eigenvalue weighted by Crippen LogP contribution is -2.24. The summed E-state index contributed by atoms with van der Waals surface area (Å²) in [6.07, 6.45) is 11.4. The van der Waals surface area contributed by atoms with Crippen LogP contribution >= 0.6 is 0 Å². The summed E-state index contributed by atoms with van der Waals surface area (Å²) in [5.41, 5.74) is 2.12. The Morgan fingerprint density at radius 1 is 1.33 bits per heavy atom. The third-order valence-electron chi connectivity index (χ3n) is 3.64. The van der Waals surface area contributed by atoms with Gasteiger partial charge in [-0.3, -0.25) is 0 Å². The minimum Gasteiger partial charge on any atom is -0.396 e. The molecule has 2 aliphatic rings. The molecule has 1 heteroatoms. The van der Waals surface area contributed by atoms with E-state index in [1.165, 1.54) is 38.5 Å². The minimum absolute atomic E-state index is 0.372. The van der Waals surface area contributed by atoms with E-state index in [1.54, 1.807) is 5.57 Å². The van der Waals surface area contributed by atoms with E-state index < -0.39 is 0 Å². The fraction of sp³-hybridized carbons (Fsp3) is 0.818. The maximum Gasteiger partial charge on any atom is 0.0439 e. The molecule has 0 radical (unpaired) electrons. The molecule has 1 N–H and O–H groups in total. The van der Waals surface area contributed by atoms with Gasteiger partial charge in [-0.25, -0.2) is 0 Å². The minimum atomic E-state index is 0.372. The van der Waals surface area contributed by atoms with E-state index in [0.717, 1.165) is 6.42 Å². The molecule has 0 bridgehead atoms. The van der Waals surface area contributed by atoms with Gasteiger partial charge in [-0.15, -0.1) is 0 Å². The highest BCUT2D eigenvalue weighted by atomic mass is 16.3. The number of hydrogen-bond donors (Lipinski definition) is 1. The molecule has 12 heavy (non-hydrogen) atoms. The molecule has 0 aromatic rings. The van der Waals surface area contributed by atoms with Crippen molar-refractivity contribution in [2.45, 2.75) is 44.9 Å². The second-order valence-corrected chi connectivity index (χ2v) is 4.23. The summed E-state index contributed by atoms with van der Waals surface area (Å²) >= 11 is 0. The third-order valence-corrected chi connectivity index (χ3v) is 3.64. The van der Waals surface area contributed by atoms with Gasteiger partial charge in [0.2, 0.25) is 0 Å². The zero-order valence-electron chi connectivity index (χ0n) is 7.68. The first-order valence-corrected chi connectivity index (χ1v) is 5.18. The SMILES string of the molecule is OCCC12CCC=C1CCCC2. The molecule has 0 aliphatic heterocycles. The van der Waals surface area contributed by atoms with E-state index in [2.05, 4.69) is 6.08 Å². The maximum atomic E-state index is 9.03. The topological polar surface area (TPSA) is 20.2 Å². The molecule has 68 valence electrons. The molecule has 1 saturated carbocycles. The molecule has 0 saturated heterocycles. The number of fused-ring (bicyclic) bond motifs is 1. The Kier molecular flexibility index (Phi) is 2.22. The quantitative estimate of drug-likeness (QED) is 0.625. The Balaban J connectivity index is 2.14. The van der Waals surface area contributed by atoms with Crippen LogP contribution in [-0.4, -0.2) is 11.7 Å². The Morgan fingerprint density at radius 2 is 2.25 bits per heavy atom. The van der Waals surface area contributed by atoms with Crippen molar-refractivity contribution < 1.29 is 5.11 Å². The average Bonchev–Trinajstić information content (AvgIpc) is 2.48. The van der Waals surface area contributed by atoms with Crippen LogP contribution in [0.15, 0.2) is 11.6 Å². The second kappa shape index (κ2) is 3.21. The molecular formula is C11H18O. The van der Waals surface area contributed by atoms with Crippen molar-refractivity contribution >= 4 is 0 Å². The highest BCUT2D eigenvalue weighted by molar-refractivity contribution is 5.22. The van der Waals surface area contributed by atoms with Crippen LogP contribution in [0.3, 0.4) is 0 Å². The van der Waals surface area contributed by atoms with E-state index in [1.807, 2.05) is 0 Å². The normalized spacial score (nSPS) is 34.6. The summed E-state index contributed by atoms with van der Waals surface area (Å²) < 4.78 is 0. The molecule has 0 aromatic heterocycles. The Labute approximate surface area is 74.5 Å². The highest BCUT2D eigenvalue weighted by Gasteiger charge is 2.37. The van der Waals surface area contributed by atoms with Gasteiger partial charge in [-0.1, -0.05) is 18.1 Å². The Bertz CT molecular complexity index is 191. The number of rotatable bonds is 2. The van der Waals surface area contributed by atoms with Crippen LogP contribution in [0.4, 0.5) is 0 Å². The third kappa shape index (κ3) is 1.20. The lowest BCUT2D eigenvalue weighted by molar-refractivity contribution is 0.181. The van der Waals surface area contributed by atoms with Crippen molar-refractivity contribution in [2.75, 3.05) is 6.61 Å². The van der Waals surface area contributed by atoms with Gasteiger partial charge < -0.3 is 5.11 Å². The van der Waals surface area contributed by atoms with Gasteiger partial charge in [0, 0.05) is 6.61 Å². The Hall–Kier alpha value is -0.300. The van der Waals surface area contributed by atoms with Gasteiger partial charge >= 0.3 is 0 Å². The van der Waals surface area contributed by atoms with E-state index in [-0.39, 0.29) is 0 Å². The highest BCUT2D eigenvalue weighted by Crippen LogP contribution is 2.50. The van der Waals surface area contributed by atoms with Crippen LogP contribution in [0.1, 0.15) is 44.9 Å². The maximum absolute atomic E-state index is 9.03. The first kappa shape index (κ1) is 8.31. The number of hydrogen-bond acceptors (Lipinski definition) is 1. The smallest absolute Gasteiger partial charge is 0.0439 e. The van der Waals surface area contributed by atoms with Gasteiger partial charge in [-0.2, -0.15) is 0 Å². The fourth-order valence-corrected chi connectivity index (χ4v) is 2.96. The summed E-state index contributed by atoms with van der Waals surface area (Å²) in [7, 11) is 0. The molecule has 1 unspecified atom stereocenters. The lowest BCUT2D eigenvalue weighted by atomic mass is 9.69. The zero-order chi connectivity index (χ0) is 8.44. The predicted molar refractivity (Wildman–Crippen MR) is 49.9 cm³/mol. The summed E-state index contributed by atoms with van der Waals surface area (Å²) in [5.74, 6) is 0. The van der Waals surface area contributed by atoms with E-state index in [0.29, 0.717) is 12.0 Å². The van der Waals surface area contributed by atoms with Crippen LogP contribution in [0.5, 0.6) is 0 Å². The van der Waals surface area contributed by atoms with E-state index in [9.17, 15) is 0 Å². The van der Waals surface area contributed by atoms with Crippen molar-refractivity contribution in [1.29, 1.82) is 0 Å². The molecule has 1 fully saturated rings. The predicted octanol–water partition coefficient (Wildman–Crippen LogP) is 2.65. The van der Waals surface area contributed by atoms with Crippen molar-refractivity contribution in [3.05, 3.63) is 11.6 Å². The van der Waals surface area contributed by atoms with Crippen molar-refractivity contribution in [3.63, 3.8) is 0 Å². The molecule has 0 heterocycles. The molecule has 1 nitrogen and oxygen atoms in total. The lowest BCUT2D eigenvalue weighted by Gasteiger charge is -2.36. The van der Waals surface area contributed by atoms with Gasteiger partial charge in [0.15, 0.2) is 0 Å². The first-order valence-electron chi connectivity index (χ1n) is 5.18. The molecular weight excluding hydrogens is 148 g/mol. The van der Waals surface area contributed by atoms with Gasteiger partial charge in [0.25, 0.3) is 0 Å². The summed E-state index contributed by atoms with van der Waals surface area (Å²) in [4.78, 5) is 0.